The highest BCUT2D eigenvalue weighted by Gasteiger charge is 2.28. The summed E-state index contributed by atoms with van der Waals surface area (Å²) in [7, 11) is 0. The maximum absolute atomic E-state index is 12.5. The second-order valence-electron chi connectivity index (χ2n) is 5.42. The van der Waals surface area contributed by atoms with Crippen molar-refractivity contribution >= 4 is 34.3 Å². The van der Waals surface area contributed by atoms with E-state index in [2.05, 4.69) is 9.98 Å². The number of carbonyl (C=O) groups is 1. The highest BCUT2D eigenvalue weighted by atomic mass is 16.2. The van der Waals surface area contributed by atoms with Gasteiger partial charge in [0.2, 0.25) is 0 Å². The van der Waals surface area contributed by atoms with Crippen LogP contribution in [0.25, 0.3) is 10.8 Å². The summed E-state index contributed by atoms with van der Waals surface area (Å²) in [4.78, 5) is 22.9. The molecule has 0 saturated carbocycles. The van der Waals surface area contributed by atoms with Gasteiger partial charge in [0, 0.05) is 41.5 Å². The molecule has 4 rings (SSSR count). The van der Waals surface area contributed by atoms with E-state index in [1.807, 2.05) is 60.5 Å². The number of hydrogen-bond donors (Lipinski definition) is 0. The van der Waals surface area contributed by atoms with Crippen molar-refractivity contribution in [3.63, 3.8) is 0 Å². The van der Waals surface area contributed by atoms with Gasteiger partial charge in [0.1, 0.15) is 0 Å². The first kappa shape index (κ1) is 13.6. The Morgan fingerprint density at radius 2 is 1.96 bits per heavy atom. The van der Waals surface area contributed by atoms with E-state index in [0.29, 0.717) is 6.54 Å². The van der Waals surface area contributed by atoms with Gasteiger partial charge in [0.05, 0.1) is 11.4 Å². The van der Waals surface area contributed by atoms with Crippen LogP contribution in [-0.4, -0.2) is 23.7 Å². The van der Waals surface area contributed by atoms with Gasteiger partial charge in [-0.25, -0.2) is 0 Å². The van der Waals surface area contributed by atoms with Gasteiger partial charge in [0.15, 0.2) is 0 Å². The molecule has 0 radical (unpaired) electrons. The van der Waals surface area contributed by atoms with E-state index in [9.17, 15) is 4.79 Å². The molecular formula is C19H15N3O. The Morgan fingerprint density at radius 1 is 1.13 bits per heavy atom. The van der Waals surface area contributed by atoms with Gasteiger partial charge < -0.3 is 4.90 Å². The number of anilines is 1. The molecule has 0 unspecified atom stereocenters. The summed E-state index contributed by atoms with van der Waals surface area (Å²) in [6, 6.07) is 13.6. The van der Waals surface area contributed by atoms with Gasteiger partial charge in [-0.3, -0.25) is 14.8 Å². The van der Waals surface area contributed by atoms with Crippen LogP contribution in [0.1, 0.15) is 22.8 Å². The maximum atomic E-state index is 12.5. The molecule has 0 bridgehead atoms. The number of benzene rings is 2. The molecule has 1 aromatic heterocycles. The van der Waals surface area contributed by atoms with E-state index in [4.69, 9.17) is 0 Å². The molecule has 3 aromatic rings. The van der Waals surface area contributed by atoms with E-state index in [-0.39, 0.29) is 5.91 Å². The monoisotopic (exact) mass is 301 g/mol. The van der Waals surface area contributed by atoms with Crippen molar-refractivity contribution in [1.82, 2.24) is 4.98 Å². The number of pyridine rings is 1. The Labute approximate surface area is 134 Å². The minimum atomic E-state index is 0.0726. The van der Waals surface area contributed by atoms with Crippen LogP contribution in [0.4, 0.5) is 11.4 Å². The first-order valence-corrected chi connectivity index (χ1v) is 7.61. The Morgan fingerprint density at radius 3 is 2.74 bits per heavy atom. The molecule has 112 valence electrons. The van der Waals surface area contributed by atoms with Crippen LogP contribution < -0.4 is 4.90 Å². The Kier molecular flexibility index (Phi) is 3.15. The SMILES string of the molecule is CCN1C(=O)c2cccc3c(N=Cc4ccncc4)ccc1c23. The number of aromatic nitrogens is 1. The third-order valence-electron chi connectivity index (χ3n) is 4.14. The zero-order valence-electron chi connectivity index (χ0n) is 12.7. The summed E-state index contributed by atoms with van der Waals surface area (Å²) in [5.74, 6) is 0.0726. The second-order valence-corrected chi connectivity index (χ2v) is 5.42. The summed E-state index contributed by atoms with van der Waals surface area (Å²) in [6.07, 6.45) is 5.30. The summed E-state index contributed by atoms with van der Waals surface area (Å²) < 4.78 is 0. The minimum Gasteiger partial charge on any atom is -0.308 e. The van der Waals surface area contributed by atoms with E-state index < -0.39 is 0 Å². The van der Waals surface area contributed by atoms with E-state index in [1.165, 1.54) is 0 Å². The van der Waals surface area contributed by atoms with Gasteiger partial charge in [-0.1, -0.05) is 12.1 Å². The van der Waals surface area contributed by atoms with Crippen molar-refractivity contribution < 1.29 is 4.79 Å². The van der Waals surface area contributed by atoms with E-state index >= 15 is 0 Å². The van der Waals surface area contributed by atoms with Gasteiger partial charge in [-0.2, -0.15) is 0 Å². The smallest absolute Gasteiger partial charge is 0.258 e. The lowest BCUT2D eigenvalue weighted by atomic mass is 10.0. The molecule has 0 atom stereocenters. The second kappa shape index (κ2) is 5.32. The number of rotatable bonds is 3. The quantitative estimate of drug-likeness (QED) is 0.687. The zero-order chi connectivity index (χ0) is 15.8. The lowest BCUT2D eigenvalue weighted by Gasteiger charge is -2.14. The van der Waals surface area contributed by atoms with Crippen molar-refractivity contribution in [2.24, 2.45) is 4.99 Å². The molecule has 2 heterocycles. The third kappa shape index (κ3) is 2.11. The number of carbonyl (C=O) groups excluding carboxylic acids is 1. The Bertz CT molecular complexity index is 932. The van der Waals surface area contributed by atoms with Crippen LogP contribution in [0.2, 0.25) is 0 Å². The molecule has 0 saturated heterocycles. The molecule has 2 aromatic carbocycles. The van der Waals surface area contributed by atoms with Gasteiger partial charge >= 0.3 is 0 Å². The lowest BCUT2D eigenvalue weighted by molar-refractivity contribution is 0.0994. The molecule has 4 nitrogen and oxygen atoms in total. The standard InChI is InChI=1S/C19H15N3O/c1-2-22-17-7-6-16(21-12-13-8-10-20-11-9-13)14-4-3-5-15(18(14)17)19(22)23/h3-12H,2H2,1H3. The van der Waals surface area contributed by atoms with Crippen molar-refractivity contribution in [1.29, 1.82) is 0 Å². The minimum absolute atomic E-state index is 0.0726. The molecule has 0 spiro atoms. The van der Waals surface area contributed by atoms with E-state index in [0.717, 1.165) is 33.3 Å². The number of amides is 1. The molecule has 23 heavy (non-hydrogen) atoms. The predicted molar refractivity (Wildman–Crippen MR) is 92.8 cm³/mol. The zero-order valence-corrected chi connectivity index (χ0v) is 12.7. The lowest BCUT2D eigenvalue weighted by Crippen LogP contribution is -2.25. The molecule has 1 aliphatic rings. The van der Waals surface area contributed by atoms with E-state index in [1.54, 1.807) is 12.4 Å². The van der Waals surface area contributed by atoms with Crippen molar-refractivity contribution in [3.05, 3.63) is 66.0 Å². The highest BCUT2D eigenvalue weighted by molar-refractivity contribution is 6.26. The summed E-state index contributed by atoms with van der Waals surface area (Å²) in [6.45, 7) is 2.66. The average molecular weight is 301 g/mol. The van der Waals surface area contributed by atoms with Crippen LogP contribution in [0.5, 0.6) is 0 Å². The number of hydrogen-bond acceptors (Lipinski definition) is 3. The summed E-state index contributed by atoms with van der Waals surface area (Å²) >= 11 is 0. The fourth-order valence-electron chi connectivity index (χ4n) is 3.05. The van der Waals surface area contributed by atoms with Crippen LogP contribution in [0.3, 0.4) is 0 Å². The average Bonchev–Trinajstić information content (AvgIpc) is 2.89. The van der Waals surface area contributed by atoms with Crippen LogP contribution >= 0.6 is 0 Å². The van der Waals surface area contributed by atoms with Crippen molar-refractivity contribution in [2.75, 3.05) is 11.4 Å². The third-order valence-corrected chi connectivity index (χ3v) is 4.14. The molecule has 1 aliphatic heterocycles. The summed E-state index contributed by atoms with van der Waals surface area (Å²) in [5, 5.41) is 2.01. The molecule has 0 aliphatic carbocycles. The Hall–Kier alpha value is -3.01. The molecule has 1 amide bonds. The molecule has 0 N–H and O–H groups in total. The van der Waals surface area contributed by atoms with Crippen LogP contribution in [-0.2, 0) is 0 Å². The maximum Gasteiger partial charge on any atom is 0.258 e. The largest absolute Gasteiger partial charge is 0.308 e. The van der Waals surface area contributed by atoms with Crippen LogP contribution in [0.15, 0.2) is 59.9 Å². The normalized spacial score (nSPS) is 13.4. The van der Waals surface area contributed by atoms with Gasteiger partial charge in [0.25, 0.3) is 5.91 Å². The highest BCUT2D eigenvalue weighted by Crippen LogP contribution is 2.41. The van der Waals surface area contributed by atoms with Crippen molar-refractivity contribution in [3.8, 4) is 0 Å². The fourth-order valence-corrected chi connectivity index (χ4v) is 3.05. The van der Waals surface area contributed by atoms with Crippen LogP contribution in [0, 0.1) is 0 Å². The molecule has 0 fully saturated rings. The van der Waals surface area contributed by atoms with Gasteiger partial charge in [-0.15, -0.1) is 0 Å². The number of aliphatic imine (C=N–C) groups is 1. The van der Waals surface area contributed by atoms with Gasteiger partial charge in [-0.05, 0) is 42.8 Å². The first-order chi connectivity index (χ1) is 11.3. The predicted octanol–water partition coefficient (Wildman–Crippen LogP) is 3.97. The number of nitrogens with zero attached hydrogens (tertiary/aromatic N) is 3. The van der Waals surface area contributed by atoms with Crippen molar-refractivity contribution in [2.45, 2.75) is 6.92 Å². The first-order valence-electron chi connectivity index (χ1n) is 7.61. The summed E-state index contributed by atoms with van der Waals surface area (Å²) in [5.41, 5.74) is 3.61. The molecule has 4 heteroatoms. The Balaban J connectivity index is 1.87. The molecular weight excluding hydrogens is 286 g/mol. The topological polar surface area (TPSA) is 45.6 Å². The fraction of sp³-hybridized carbons (Fsp3) is 0.105.